The van der Waals surface area contributed by atoms with Crippen LogP contribution < -0.4 is 5.32 Å². The molecule has 18 heavy (non-hydrogen) atoms. The van der Waals surface area contributed by atoms with Gasteiger partial charge in [-0.1, -0.05) is 29.3 Å². The number of carbonyl (C=O) groups is 1. The van der Waals surface area contributed by atoms with Gasteiger partial charge in [0.1, 0.15) is 16.7 Å². The normalized spacial score (nSPS) is 10.2. The highest BCUT2D eigenvalue weighted by Gasteiger charge is 2.13. The van der Waals surface area contributed by atoms with E-state index in [4.69, 9.17) is 23.2 Å². The molecule has 0 saturated heterocycles. The van der Waals surface area contributed by atoms with Crippen molar-refractivity contribution < 1.29 is 4.79 Å². The van der Waals surface area contributed by atoms with Gasteiger partial charge in [0.05, 0.1) is 5.02 Å². The zero-order chi connectivity index (χ0) is 13.1. The van der Waals surface area contributed by atoms with Gasteiger partial charge in [0, 0.05) is 6.20 Å². The van der Waals surface area contributed by atoms with E-state index >= 15 is 0 Å². The van der Waals surface area contributed by atoms with Crippen molar-refractivity contribution in [3.8, 4) is 0 Å². The van der Waals surface area contributed by atoms with Crippen molar-refractivity contribution in [2.24, 2.45) is 0 Å². The number of nitrogens with one attached hydrogen (secondary N) is 1. The quantitative estimate of drug-likeness (QED) is 0.859. The van der Waals surface area contributed by atoms with Gasteiger partial charge in [-0.3, -0.25) is 4.79 Å². The summed E-state index contributed by atoms with van der Waals surface area (Å²) in [6, 6.07) is 6.58. The first-order chi connectivity index (χ1) is 8.56. The van der Waals surface area contributed by atoms with E-state index < -0.39 is 5.91 Å². The van der Waals surface area contributed by atoms with Crippen LogP contribution in [0.25, 0.3) is 0 Å². The fourth-order valence-corrected chi connectivity index (χ4v) is 1.63. The summed E-state index contributed by atoms with van der Waals surface area (Å²) in [5.41, 5.74) is 1.08. The van der Waals surface area contributed by atoms with Gasteiger partial charge in [-0.2, -0.15) is 0 Å². The summed E-state index contributed by atoms with van der Waals surface area (Å²) in [6.07, 6.45) is 1.66. The fraction of sp³-hybridized carbons (Fsp3) is 0.0833. The Morgan fingerprint density at radius 3 is 2.67 bits per heavy atom. The number of carbonyl (C=O) groups excluding carboxylic acids is 1. The van der Waals surface area contributed by atoms with Crippen molar-refractivity contribution in [3.05, 3.63) is 51.9 Å². The van der Waals surface area contributed by atoms with Crippen molar-refractivity contribution >= 4 is 34.9 Å². The lowest BCUT2D eigenvalue weighted by atomic mass is 10.3. The molecule has 0 saturated carbocycles. The number of aryl methyl sites for hydroxylation is 1. The molecular weight excluding hydrogens is 273 g/mol. The summed E-state index contributed by atoms with van der Waals surface area (Å²) in [6.45, 7) is 1.91. The lowest BCUT2D eigenvalue weighted by Crippen LogP contribution is -2.15. The maximum absolute atomic E-state index is 11.9. The van der Waals surface area contributed by atoms with Crippen molar-refractivity contribution in [1.29, 1.82) is 0 Å². The summed E-state index contributed by atoms with van der Waals surface area (Å²) >= 11 is 11.6. The molecule has 0 bridgehead atoms. The molecule has 1 N–H and O–H groups in total. The van der Waals surface area contributed by atoms with Crippen molar-refractivity contribution in [3.63, 3.8) is 0 Å². The first-order valence-corrected chi connectivity index (χ1v) is 5.88. The number of hydrogen-bond donors (Lipinski definition) is 1. The second-order valence-corrected chi connectivity index (χ2v) is 4.43. The average Bonchev–Trinajstić information content (AvgIpc) is 2.35. The number of rotatable bonds is 2. The van der Waals surface area contributed by atoms with E-state index in [0.29, 0.717) is 5.82 Å². The fourth-order valence-electron chi connectivity index (χ4n) is 1.29. The average molecular weight is 282 g/mol. The minimum atomic E-state index is -0.446. The molecule has 0 unspecified atom stereocenters. The van der Waals surface area contributed by atoms with Crippen LogP contribution in [0.15, 0.2) is 30.5 Å². The Morgan fingerprint density at radius 1 is 1.22 bits per heavy atom. The molecule has 0 aromatic carbocycles. The molecule has 2 rings (SSSR count). The first-order valence-electron chi connectivity index (χ1n) is 5.12. The molecule has 0 fully saturated rings. The molecule has 4 nitrogen and oxygen atoms in total. The van der Waals surface area contributed by atoms with E-state index in [0.717, 1.165) is 5.56 Å². The van der Waals surface area contributed by atoms with Crippen LogP contribution in [0, 0.1) is 6.92 Å². The number of hydrogen-bond acceptors (Lipinski definition) is 3. The molecule has 0 spiro atoms. The Balaban J connectivity index is 2.21. The van der Waals surface area contributed by atoms with Gasteiger partial charge in [-0.15, -0.1) is 0 Å². The zero-order valence-corrected chi connectivity index (χ0v) is 11.0. The highest BCUT2D eigenvalue weighted by molar-refractivity contribution is 6.35. The number of aromatic nitrogens is 2. The molecule has 0 atom stereocenters. The van der Waals surface area contributed by atoms with Crippen LogP contribution in [0.2, 0.25) is 10.2 Å². The maximum Gasteiger partial charge on any atom is 0.277 e. The predicted molar refractivity (Wildman–Crippen MR) is 71.2 cm³/mol. The van der Waals surface area contributed by atoms with Crippen molar-refractivity contribution in [2.45, 2.75) is 6.92 Å². The summed E-state index contributed by atoms with van der Waals surface area (Å²) in [5, 5.41) is 3.05. The van der Waals surface area contributed by atoms with Gasteiger partial charge in [-0.05, 0) is 30.7 Å². The summed E-state index contributed by atoms with van der Waals surface area (Å²) < 4.78 is 0. The van der Waals surface area contributed by atoms with Gasteiger partial charge >= 0.3 is 0 Å². The number of anilines is 1. The van der Waals surface area contributed by atoms with Gasteiger partial charge in [0.25, 0.3) is 5.91 Å². The molecule has 0 aliphatic rings. The summed E-state index contributed by atoms with van der Waals surface area (Å²) in [5.74, 6) is -0.0118. The number of amides is 1. The Morgan fingerprint density at radius 2 is 2.00 bits per heavy atom. The van der Waals surface area contributed by atoms with E-state index in [9.17, 15) is 4.79 Å². The van der Waals surface area contributed by atoms with E-state index in [1.807, 2.05) is 13.0 Å². The molecular formula is C12H9Cl2N3O. The molecule has 2 heterocycles. The molecule has 0 aliphatic heterocycles. The van der Waals surface area contributed by atoms with Crippen molar-refractivity contribution in [2.75, 3.05) is 5.32 Å². The van der Waals surface area contributed by atoms with Gasteiger partial charge < -0.3 is 5.32 Å². The first kappa shape index (κ1) is 12.8. The summed E-state index contributed by atoms with van der Waals surface area (Å²) in [7, 11) is 0. The number of pyridine rings is 2. The van der Waals surface area contributed by atoms with Crippen molar-refractivity contribution in [1.82, 2.24) is 9.97 Å². The van der Waals surface area contributed by atoms with Gasteiger partial charge in [-0.25, -0.2) is 9.97 Å². The third-order valence-corrected chi connectivity index (χ3v) is 2.70. The lowest BCUT2D eigenvalue weighted by molar-refractivity contribution is 0.102. The van der Waals surface area contributed by atoms with Crippen LogP contribution in [0.4, 0.5) is 5.82 Å². The third kappa shape index (κ3) is 2.97. The molecule has 0 radical (unpaired) electrons. The second-order valence-electron chi connectivity index (χ2n) is 3.64. The highest BCUT2D eigenvalue weighted by atomic mass is 35.5. The molecule has 92 valence electrons. The smallest absolute Gasteiger partial charge is 0.277 e. The minimum Gasteiger partial charge on any atom is -0.305 e. The van der Waals surface area contributed by atoms with Gasteiger partial charge in [0.15, 0.2) is 0 Å². The zero-order valence-electron chi connectivity index (χ0n) is 9.45. The topological polar surface area (TPSA) is 54.9 Å². The molecule has 2 aromatic heterocycles. The highest BCUT2D eigenvalue weighted by Crippen LogP contribution is 2.18. The third-order valence-electron chi connectivity index (χ3n) is 2.18. The minimum absolute atomic E-state index is 0.0755. The Hall–Kier alpha value is -1.65. The maximum atomic E-state index is 11.9. The van der Waals surface area contributed by atoms with Crippen LogP contribution in [0.1, 0.15) is 16.1 Å². The van der Waals surface area contributed by atoms with Crippen LogP contribution in [-0.2, 0) is 0 Å². The Kier molecular flexibility index (Phi) is 3.79. The molecule has 2 aromatic rings. The number of nitrogens with zero attached hydrogens (tertiary/aromatic N) is 2. The van der Waals surface area contributed by atoms with Crippen LogP contribution >= 0.6 is 23.2 Å². The largest absolute Gasteiger partial charge is 0.305 e. The van der Waals surface area contributed by atoms with E-state index in [-0.39, 0.29) is 15.9 Å². The van der Waals surface area contributed by atoms with Crippen LogP contribution in [0.5, 0.6) is 0 Å². The lowest BCUT2D eigenvalue weighted by Gasteiger charge is -2.05. The summed E-state index contributed by atoms with van der Waals surface area (Å²) in [4.78, 5) is 19.9. The Bertz CT molecular complexity index is 584. The molecule has 0 aliphatic carbocycles. The predicted octanol–water partition coefficient (Wildman–Crippen LogP) is 3.34. The van der Waals surface area contributed by atoms with Crippen LogP contribution in [-0.4, -0.2) is 15.9 Å². The standard InChI is InChI=1S/C12H9Cl2N3O/c1-7-2-5-10(15-6-7)17-12(18)11-8(13)3-4-9(14)16-11/h2-6H,1H3,(H,15,17,18). The molecule has 1 amide bonds. The monoisotopic (exact) mass is 281 g/mol. The van der Waals surface area contributed by atoms with Crippen LogP contribution in [0.3, 0.4) is 0 Å². The van der Waals surface area contributed by atoms with E-state index in [1.54, 1.807) is 12.3 Å². The van der Waals surface area contributed by atoms with E-state index in [1.165, 1.54) is 12.1 Å². The number of halogens is 2. The second kappa shape index (κ2) is 5.33. The SMILES string of the molecule is Cc1ccc(NC(=O)c2nc(Cl)ccc2Cl)nc1. The Labute approximate surface area is 114 Å². The molecule has 6 heteroatoms. The van der Waals surface area contributed by atoms with E-state index in [2.05, 4.69) is 15.3 Å². The van der Waals surface area contributed by atoms with Gasteiger partial charge in [0.2, 0.25) is 0 Å².